The topological polar surface area (TPSA) is 72.5 Å². The molecule has 0 saturated heterocycles. The zero-order chi connectivity index (χ0) is 14.0. The second-order valence-corrected chi connectivity index (χ2v) is 6.24. The molecule has 1 aromatic carbocycles. The van der Waals surface area contributed by atoms with E-state index in [-0.39, 0.29) is 28.9 Å². The summed E-state index contributed by atoms with van der Waals surface area (Å²) in [6.07, 6.45) is 1.78. The van der Waals surface area contributed by atoms with Crippen LogP contribution in [0.1, 0.15) is 30.1 Å². The Morgan fingerprint density at radius 2 is 2.11 bits per heavy atom. The third-order valence-electron chi connectivity index (χ3n) is 3.02. The number of ether oxygens (including phenoxy) is 1. The summed E-state index contributed by atoms with van der Waals surface area (Å²) < 4.78 is 31.6. The zero-order valence-corrected chi connectivity index (χ0v) is 11.8. The monoisotopic (exact) mass is 283 g/mol. The van der Waals surface area contributed by atoms with Gasteiger partial charge in [0.25, 0.3) is 0 Å². The Kier molecular flexibility index (Phi) is 3.91. The van der Waals surface area contributed by atoms with Gasteiger partial charge >= 0.3 is 0 Å². The number of carbonyl (C=O) groups is 1. The minimum Gasteiger partial charge on any atom is -0.495 e. The van der Waals surface area contributed by atoms with E-state index in [2.05, 4.69) is 4.72 Å². The van der Waals surface area contributed by atoms with E-state index in [1.807, 2.05) is 0 Å². The first-order chi connectivity index (χ1) is 8.99. The first kappa shape index (κ1) is 14.0. The maximum absolute atomic E-state index is 12.1. The van der Waals surface area contributed by atoms with Crippen molar-refractivity contribution in [3.05, 3.63) is 23.8 Å². The lowest BCUT2D eigenvalue weighted by molar-refractivity contribution is 0.0967. The van der Waals surface area contributed by atoms with E-state index in [0.29, 0.717) is 5.56 Å². The number of Topliss-reactive ketones (excluding diaryl/α,β-unsaturated/α-hetero) is 1. The van der Waals surface area contributed by atoms with Crippen LogP contribution in [0.3, 0.4) is 0 Å². The van der Waals surface area contributed by atoms with Crippen molar-refractivity contribution in [2.24, 2.45) is 5.92 Å². The fraction of sp³-hybridized carbons (Fsp3) is 0.462. The predicted molar refractivity (Wildman–Crippen MR) is 70.9 cm³/mol. The molecule has 6 heteroatoms. The van der Waals surface area contributed by atoms with Crippen LogP contribution >= 0.6 is 0 Å². The van der Waals surface area contributed by atoms with Crippen LogP contribution in [-0.4, -0.2) is 27.9 Å². The smallest absolute Gasteiger partial charge is 0.244 e. The average molecular weight is 283 g/mol. The number of ketones is 1. The predicted octanol–water partition coefficient (Wildman–Crippen LogP) is 1.59. The Morgan fingerprint density at radius 1 is 1.42 bits per heavy atom. The van der Waals surface area contributed by atoms with Gasteiger partial charge in [0.15, 0.2) is 5.78 Å². The third-order valence-corrected chi connectivity index (χ3v) is 4.59. The molecule has 1 N–H and O–H groups in total. The summed E-state index contributed by atoms with van der Waals surface area (Å²) in [5.74, 6) is 0.312. The summed E-state index contributed by atoms with van der Waals surface area (Å²) in [6, 6.07) is 4.54. The lowest BCUT2D eigenvalue weighted by Crippen LogP contribution is -2.24. The summed E-state index contributed by atoms with van der Waals surface area (Å²) in [7, 11) is -2.24. The van der Waals surface area contributed by atoms with Crippen molar-refractivity contribution < 1.29 is 17.9 Å². The molecule has 19 heavy (non-hydrogen) atoms. The lowest BCUT2D eigenvalue weighted by atomic mass is 10.1. The normalized spacial score (nSPS) is 15.3. The van der Waals surface area contributed by atoms with Crippen molar-refractivity contribution in [3.8, 4) is 5.75 Å². The highest BCUT2D eigenvalue weighted by Crippen LogP contribution is 2.34. The van der Waals surface area contributed by atoms with Crippen molar-refractivity contribution in [2.45, 2.75) is 24.7 Å². The van der Waals surface area contributed by atoms with Gasteiger partial charge in [-0.05, 0) is 31.0 Å². The van der Waals surface area contributed by atoms with E-state index in [9.17, 15) is 13.2 Å². The van der Waals surface area contributed by atoms with E-state index in [4.69, 9.17) is 4.74 Å². The molecule has 1 aliphatic rings. The molecule has 1 fully saturated rings. The fourth-order valence-electron chi connectivity index (χ4n) is 1.89. The van der Waals surface area contributed by atoms with Gasteiger partial charge in [0.2, 0.25) is 10.0 Å². The van der Waals surface area contributed by atoms with E-state index >= 15 is 0 Å². The Balaban J connectivity index is 2.44. The van der Waals surface area contributed by atoms with E-state index in [1.165, 1.54) is 19.2 Å². The maximum Gasteiger partial charge on any atom is 0.244 e. The highest BCUT2D eigenvalue weighted by Gasteiger charge is 2.31. The average Bonchev–Trinajstić information content (AvgIpc) is 3.21. The van der Waals surface area contributed by atoms with Crippen LogP contribution < -0.4 is 9.46 Å². The van der Waals surface area contributed by atoms with Crippen LogP contribution in [0.4, 0.5) is 0 Å². The molecule has 0 bridgehead atoms. The second kappa shape index (κ2) is 5.30. The molecular formula is C13H17NO4S. The van der Waals surface area contributed by atoms with Crippen molar-refractivity contribution >= 4 is 15.8 Å². The number of hydrogen-bond donors (Lipinski definition) is 1. The molecule has 1 aromatic rings. The van der Waals surface area contributed by atoms with Gasteiger partial charge in [0, 0.05) is 18.0 Å². The Hall–Kier alpha value is -1.40. The number of sulfonamides is 1. The van der Waals surface area contributed by atoms with Gasteiger partial charge in [0.05, 0.1) is 7.11 Å². The molecule has 5 nitrogen and oxygen atoms in total. The summed E-state index contributed by atoms with van der Waals surface area (Å²) in [5.41, 5.74) is 0.430. The van der Waals surface area contributed by atoms with Crippen LogP contribution in [-0.2, 0) is 10.0 Å². The van der Waals surface area contributed by atoms with Gasteiger partial charge in [-0.1, -0.05) is 6.92 Å². The molecule has 0 aliphatic heterocycles. The van der Waals surface area contributed by atoms with Gasteiger partial charge in [-0.2, -0.15) is 0 Å². The number of methoxy groups -OCH3 is 1. The standard InChI is InChI=1S/C13H17NO4S/c1-3-14-19(16,17)12-8-10(6-7-11(12)18-2)13(15)9-4-5-9/h6-9,14H,3-5H2,1-2H3. The number of carbonyl (C=O) groups excluding carboxylic acids is 1. The van der Waals surface area contributed by atoms with Crippen molar-refractivity contribution in [1.82, 2.24) is 4.72 Å². The fourth-order valence-corrected chi connectivity index (χ4v) is 3.12. The maximum atomic E-state index is 12.1. The van der Waals surface area contributed by atoms with Crippen LogP contribution in [0.5, 0.6) is 5.75 Å². The van der Waals surface area contributed by atoms with Crippen molar-refractivity contribution in [3.63, 3.8) is 0 Å². The van der Waals surface area contributed by atoms with E-state index < -0.39 is 10.0 Å². The molecule has 1 aliphatic carbocycles. The minimum absolute atomic E-state index is 0.00982. The molecule has 1 saturated carbocycles. The Bertz CT molecular complexity index is 591. The summed E-state index contributed by atoms with van der Waals surface area (Å²) >= 11 is 0. The third kappa shape index (κ3) is 2.96. The molecule has 0 amide bonds. The first-order valence-corrected chi connectivity index (χ1v) is 7.70. The number of benzene rings is 1. The number of rotatable bonds is 6. The summed E-state index contributed by atoms with van der Waals surface area (Å²) in [6.45, 7) is 1.98. The van der Waals surface area contributed by atoms with Crippen LogP contribution in [0.2, 0.25) is 0 Å². The largest absolute Gasteiger partial charge is 0.495 e. The zero-order valence-electron chi connectivity index (χ0n) is 11.0. The summed E-state index contributed by atoms with van der Waals surface area (Å²) in [4.78, 5) is 12.0. The molecule has 0 radical (unpaired) electrons. The number of hydrogen-bond acceptors (Lipinski definition) is 4. The quantitative estimate of drug-likeness (QED) is 0.805. The van der Waals surface area contributed by atoms with Gasteiger partial charge in [-0.25, -0.2) is 13.1 Å². The van der Waals surface area contributed by atoms with Crippen LogP contribution in [0.15, 0.2) is 23.1 Å². The number of nitrogens with one attached hydrogen (secondary N) is 1. The summed E-state index contributed by atoms with van der Waals surface area (Å²) in [5, 5.41) is 0. The highest BCUT2D eigenvalue weighted by molar-refractivity contribution is 7.89. The minimum atomic E-state index is -3.64. The first-order valence-electron chi connectivity index (χ1n) is 6.21. The van der Waals surface area contributed by atoms with E-state index in [0.717, 1.165) is 12.8 Å². The molecule has 104 valence electrons. The molecular weight excluding hydrogens is 266 g/mol. The molecule has 0 atom stereocenters. The van der Waals surface area contributed by atoms with E-state index in [1.54, 1.807) is 13.0 Å². The lowest BCUT2D eigenvalue weighted by Gasteiger charge is -2.11. The van der Waals surface area contributed by atoms with Crippen molar-refractivity contribution in [2.75, 3.05) is 13.7 Å². The second-order valence-electron chi connectivity index (χ2n) is 4.51. The van der Waals surface area contributed by atoms with Crippen LogP contribution in [0, 0.1) is 5.92 Å². The highest BCUT2D eigenvalue weighted by atomic mass is 32.2. The van der Waals surface area contributed by atoms with Gasteiger partial charge < -0.3 is 4.74 Å². The molecule has 0 unspecified atom stereocenters. The van der Waals surface area contributed by atoms with Gasteiger partial charge in [-0.15, -0.1) is 0 Å². The SMILES string of the molecule is CCNS(=O)(=O)c1cc(C(=O)C2CC2)ccc1OC. The Labute approximate surface area is 113 Å². The molecule has 0 heterocycles. The molecule has 0 aromatic heterocycles. The molecule has 2 rings (SSSR count). The van der Waals surface area contributed by atoms with Gasteiger partial charge in [0.1, 0.15) is 10.6 Å². The Morgan fingerprint density at radius 3 is 2.63 bits per heavy atom. The van der Waals surface area contributed by atoms with Gasteiger partial charge in [-0.3, -0.25) is 4.79 Å². The molecule has 0 spiro atoms. The van der Waals surface area contributed by atoms with Crippen LogP contribution in [0.25, 0.3) is 0 Å². The van der Waals surface area contributed by atoms with Crippen molar-refractivity contribution in [1.29, 1.82) is 0 Å².